The van der Waals surface area contributed by atoms with E-state index in [4.69, 9.17) is 5.73 Å². The molecule has 178 valence electrons. The molecule has 1 amide bonds. The molecule has 4 rings (SSSR count). The van der Waals surface area contributed by atoms with Crippen molar-refractivity contribution >= 4 is 27.4 Å². The summed E-state index contributed by atoms with van der Waals surface area (Å²) in [6.45, 7) is 2.32. The number of amides is 1. The summed E-state index contributed by atoms with van der Waals surface area (Å²) in [5, 5.41) is 5.87. The van der Waals surface area contributed by atoms with Gasteiger partial charge in [0.1, 0.15) is 11.9 Å². The normalized spacial score (nSPS) is 15.1. The highest BCUT2D eigenvalue weighted by molar-refractivity contribution is 7.90. The van der Waals surface area contributed by atoms with Gasteiger partial charge in [0.05, 0.1) is 4.90 Å². The summed E-state index contributed by atoms with van der Waals surface area (Å²) < 4.78 is 25.0. The van der Waals surface area contributed by atoms with Crippen LogP contribution in [0.4, 0.5) is 11.6 Å². The second-order valence-corrected chi connectivity index (χ2v) is 10.3. The molecule has 2 aromatic heterocycles. The Morgan fingerprint density at radius 1 is 1.24 bits per heavy atom. The summed E-state index contributed by atoms with van der Waals surface area (Å²) >= 11 is 0. The number of anilines is 2. The van der Waals surface area contributed by atoms with Gasteiger partial charge >= 0.3 is 0 Å². The number of pyridine rings is 1. The number of nitrogens with one attached hydrogen (secondary N) is 2. The van der Waals surface area contributed by atoms with Gasteiger partial charge in [0.2, 0.25) is 5.91 Å². The molecule has 0 saturated carbocycles. The summed E-state index contributed by atoms with van der Waals surface area (Å²) in [5.74, 6) is 0.265. The quantitative estimate of drug-likeness (QED) is 0.457. The van der Waals surface area contributed by atoms with Crippen LogP contribution in [0.1, 0.15) is 35.0 Å². The Kier molecular flexibility index (Phi) is 6.38. The topological polar surface area (TPSA) is 149 Å². The zero-order chi connectivity index (χ0) is 24.5. The van der Waals surface area contributed by atoms with Gasteiger partial charge in [0, 0.05) is 36.9 Å². The van der Waals surface area contributed by atoms with E-state index < -0.39 is 15.9 Å². The van der Waals surface area contributed by atoms with Crippen LogP contribution in [0.15, 0.2) is 52.3 Å². The smallest absolute Gasteiger partial charge is 0.294 e. The molecule has 1 unspecified atom stereocenters. The van der Waals surface area contributed by atoms with Crippen molar-refractivity contribution in [2.24, 2.45) is 0 Å². The van der Waals surface area contributed by atoms with Crippen LogP contribution in [0.3, 0.4) is 0 Å². The number of hydrogen-bond donors (Lipinski definition) is 3. The van der Waals surface area contributed by atoms with Crippen molar-refractivity contribution in [2.45, 2.75) is 43.8 Å². The lowest BCUT2D eigenvalue weighted by atomic mass is 10.1. The minimum Gasteiger partial charge on any atom is -0.384 e. The lowest BCUT2D eigenvalue weighted by Crippen LogP contribution is -2.36. The Labute approximate surface area is 197 Å². The molecule has 0 bridgehead atoms. The van der Waals surface area contributed by atoms with E-state index in [0.717, 1.165) is 17.5 Å². The molecule has 4 N–H and O–H groups in total. The number of sulfone groups is 1. The largest absolute Gasteiger partial charge is 0.384 e. The van der Waals surface area contributed by atoms with Crippen LogP contribution >= 0.6 is 0 Å². The predicted octanol–water partition coefficient (Wildman–Crippen LogP) is 1.35. The second-order valence-electron chi connectivity index (χ2n) is 8.30. The van der Waals surface area contributed by atoms with E-state index in [1.165, 1.54) is 10.6 Å². The highest BCUT2D eigenvalue weighted by Crippen LogP contribution is 2.24. The fourth-order valence-corrected chi connectivity index (χ4v) is 4.67. The number of aryl methyl sites for hydroxylation is 2. The van der Waals surface area contributed by atoms with Gasteiger partial charge < -0.3 is 16.4 Å². The van der Waals surface area contributed by atoms with E-state index in [1.807, 2.05) is 13.0 Å². The monoisotopic (exact) mass is 482 g/mol. The fraction of sp³-hybridized carbons (Fsp3) is 0.304. The van der Waals surface area contributed by atoms with Crippen molar-refractivity contribution in [3.05, 3.63) is 75.5 Å². The Hall–Kier alpha value is -3.73. The van der Waals surface area contributed by atoms with Crippen LogP contribution in [0.25, 0.3) is 0 Å². The van der Waals surface area contributed by atoms with Crippen LogP contribution in [-0.4, -0.2) is 35.1 Å². The lowest BCUT2D eigenvalue weighted by Gasteiger charge is -2.16. The Morgan fingerprint density at radius 3 is 2.76 bits per heavy atom. The van der Waals surface area contributed by atoms with E-state index in [2.05, 4.69) is 20.6 Å². The second kappa shape index (κ2) is 9.26. The molecule has 1 aromatic carbocycles. The summed E-state index contributed by atoms with van der Waals surface area (Å²) in [7, 11) is -3.34. The number of nitrogens with two attached hydrogens (primary N) is 1. The standard InChI is InChI=1S/C23H26N6O4S/c1-14-16(6-9-20(24)28-14)12-27-22(30)19-8-7-17-13-26-21(23(31)29(17)19)25-11-15-4-3-5-18(10-15)34(2,32)33/h3-6,9-10,13,19H,7-8,11-12H2,1-2H3,(H2,24,28)(H,25,26)(H,27,30). The lowest BCUT2D eigenvalue weighted by molar-refractivity contribution is -0.124. The number of hydrogen-bond acceptors (Lipinski definition) is 8. The SMILES string of the molecule is Cc1nc(N)ccc1CNC(=O)C1CCc2cnc(NCc3cccc(S(C)(=O)=O)c3)c(=O)n21. The maximum absolute atomic E-state index is 13.1. The van der Waals surface area contributed by atoms with Gasteiger partial charge in [0.25, 0.3) is 5.56 Å². The number of aromatic nitrogens is 3. The first-order chi connectivity index (χ1) is 16.1. The first kappa shape index (κ1) is 23.4. The third-order valence-electron chi connectivity index (χ3n) is 5.82. The molecule has 0 radical (unpaired) electrons. The number of carbonyl (C=O) groups excluding carboxylic acids is 1. The zero-order valence-corrected chi connectivity index (χ0v) is 19.7. The van der Waals surface area contributed by atoms with Gasteiger partial charge in [-0.15, -0.1) is 0 Å². The van der Waals surface area contributed by atoms with Gasteiger partial charge in [0.15, 0.2) is 15.7 Å². The molecule has 0 fully saturated rings. The molecule has 1 aliphatic rings. The first-order valence-electron chi connectivity index (χ1n) is 10.8. The number of rotatable bonds is 7. The summed E-state index contributed by atoms with van der Waals surface area (Å²) in [6.07, 6.45) is 3.81. The minimum atomic E-state index is -3.34. The van der Waals surface area contributed by atoms with Gasteiger partial charge in [-0.05, 0) is 49.1 Å². The van der Waals surface area contributed by atoms with E-state index in [0.29, 0.717) is 29.9 Å². The molecule has 1 atom stereocenters. The Morgan fingerprint density at radius 2 is 2.03 bits per heavy atom. The third-order valence-corrected chi connectivity index (χ3v) is 6.93. The van der Waals surface area contributed by atoms with Gasteiger partial charge in [-0.1, -0.05) is 18.2 Å². The molecular weight excluding hydrogens is 456 g/mol. The van der Waals surface area contributed by atoms with Crippen molar-refractivity contribution in [1.82, 2.24) is 19.9 Å². The Balaban J connectivity index is 1.49. The van der Waals surface area contributed by atoms with E-state index >= 15 is 0 Å². The van der Waals surface area contributed by atoms with E-state index in [9.17, 15) is 18.0 Å². The van der Waals surface area contributed by atoms with Gasteiger partial charge in [-0.25, -0.2) is 18.4 Å². The fourth-order valence-electron chi connectivity index (χ4n) is 3.98. The number of carbonyl (C=O) groups is 1. The van der Waals surface area contributed by atoms with Crippen LogP contribution < -0.4 is 21.9 Å². The summed E-state index contributed by atoms with van der Waals surface area (Å²) in [6, 6.07) is 9.34. The van der Waals surface area contributed by atoms with Crippen LogP contribution in [0.5, 0.6) is 0 Å². The third kappa shape index (κ3) is 4.93. The van der Waals surface area contributed by atoms with Crippen LogP contribution in [-0.2, 0) is 34.1 Å². The zero-order valence-electron chi connectivity index (χ0n) is 18.9. The average Bonchev–Trinajstić information content (AvgIpc) is 3.23. The number of fused-ring (bicyclic) bond motifs is 1. The van der Waals surface area contributed by atoms with Crippen molar-refractivity contribution < 1.29 is 13.2 Å². The molecule has 3 aromatic rings. The Bertz CT molecular complexity index is 1420. The van der Waals surface area contributed by atoms with Crippen molar-refractivity contribution in [2.75, 3.05) is 17.3 Å². The highest BCUT2D eigenvalue weighted by atomic mass is 32.2. The average molecular weight is 483 g/mol. The summed E-state index contributed by atoms with van der Waals surface area (Å²) in [4.78, 5) is 34.7. The maximum Gasteiger partial charge on any atom is 0.294 e. The van der Waals surface area contributed by atoms with Crippen LogP contribution in [0, 0.1) is 6.92 Å². The minimum absolute atomic E-state index is 0.104. The van der Waals surface area contributed by atoms with Gasteiger partial charge in [-0.2, -0.15) is 0 Å². The molecule has 1 aliphatic heterocycles. The van der Waals surface area contributed by atoms with Crippen molar-refractivity contribution in [1.29, 1.82) is 0 Å². The van der Waals surface area contributed by atoms with Crippen molar-refractivity contribution in [3.63, 3.8) is 0 Å². The number of benzene rings is 1. The first-order valence-corrected chi connectivity index (χ1v) is 12.7. The molecule has 11 heteroatoms. The van der Waals surface area contributed by atoms with E-state index in [1.54, 1.807) is 30.5 Å². The van der Waals surface area contributed by atoms with Crippen LogP contribution in [0.2, 0.25) is 0 Å². The molecule has 10 nitrogen and oxygen atoms in total. The molecule has 0 aliphatic carbocycles. The molecular formula is C23H26N6O4S. The molecule has 0 saturated heterocycles. The highest BCUT2D eigenvalue weighted by Gasteiger charge is 2.30. The predicted molar refractivity (Wildman–Crippen MR) is 128 cm³/mol. The number of nitrogens with zero attached hydrogens (tertiary/aromatic N) is 3. The van der Waals surface area contributed by atoms with Crippen molar-refractivity contribution in [3.8, 4) is 0 Å². The number of nitrogen functional groups attached to an aromatic ring is 1. The molecule has 3 heterocycles. The van der Waals surface area contributed by atoms with Gasteiger partial charge in [-0.3, -0.25) is 14.2 Å². The maximum atomic E-state index is 13.1. The van der Waals surface area contributed by atoms with E-state index in [-0.39, 0.29) is 35.3 Å². The molecule has 0 spiro atoms. The summed E-state index contributed by atoms with van der Waals surface area (Å²) in [5.41, 5.74) is 8.26. The molecule has 34 heavy (non-hydrogen) atoms.